The molecular formula is C16H18N4O4. The normalized spacial score (nSPS) is 20.8. The van der Waals surface area contributed by atoms with Crippen LogP contribution in [0.2, 0.25) is 0 Å². The summed E-state index contributed by atoms with van der Waals surface area (Å²) >= 11 is 0. The number of rotatable bonds is 4. The zero-order valence-electron chi connectivity index (χ0n) is 13.3. The van der Waals surface area contributed by atoms with Gasteiger partial charge in [-0.15, -0.1) is 0 Å². The molecule has 1 aliphatic rings. The molecule has 1 saturated heterocycles. The van der Waals surface area contributed by atoms with E-state index in [-0.39, 0.29) is 18.1 Å². The van der Waals surface area contributed by atoms with Gasteiger partial charge in [-0.05, 0) is 12.5 Å². The smallest absolute Gasteiger partial charge is 0.307 e. The second kappa shape index (κ2) is 6.40. The Morgan fingerprint density at radius 1 is 1.42 bits per heavy atom. The van der Waals surface area contributed by atoms with Crippen molar-refractivity contribution < 1.29 is 14.5 Å². The number of hydrogen-bond donors (Lipinski definition) is 0. The monoisotopic (exact) mass is 330 g/mol. The van der Waals surface area contributed by atoms with Gasteiger partial charge in [-0.3, -0.25) is 19.6 Å². The van der Waals surface area contributed by atoms with E-state index in [1.54, 1.807) is 4.90 Å². The van der Waals surface area contributed by atoms with Gasteiger partial charge in [0.2, 0.25) is 5.91 Å². The van der Waals surface area contributed by atoms with Gasteiger partial charge < -0.3 is 9.64 Å². The van der Waals surface area contributed by atoms with Crippen LogP contribution in [0.4, 0.5) is 5.69 Å². The minimum absolute atomic E-state index is 0.0454. The lowest BCUT2D eigenvalue weighted by atomic mass is 9.89. The number of hydrogen-bond acceptors (Lipinski definition) is 5. The summed E-state index contributed by atoms with van der Waals surface area (Å²) in [4.78, 5) is 24.7. The number of benzene rings is 1. The molecule has 2 aromatic rings. The van der Waals surface area contributed by atoms with E-state index in [4.69, 9.17) is 4.74 Å². The Bertz CT molecular complexity index is 746. The number of morpholine rings is 1. The van der Waals surface area contributed by atoms with Gasteiger partial charge in [-0.2, -0.15) is 5.10 Å². The molecule has 1 aromatic heterocycles. The minimum atomic E-state index is -0.574. The van der Waals surface area contributed by atoms with E-state index in [0.29, 0.717) is 19.8 Å². The Balaban J connectivity index is 1.82. The van der Waals surface area contributed by atoms with Crippen LogP contribution < -0.4 is 0 Å². The number of amides is 1. The predicted molar refractivity (Wildman–Crippen MR) is 85.2 cm³/mol. The first-order valence-electron chi connectivity index (χ1n) is 7.61. The van der Waals surface area contributed by atoms with E-state index in [1.807, 2.05) is 37.3 Å². The first-order chi connectivity index (χ1) is 11.5. The third kappa shape index (κ3) is 3.00. The predicted octanol–water partition coefficient (Wildman–Crippen LogP) is 1.57. The van der Waals surface area contributed by atoms with Gasteiger partial charge in [-0.1, -0.05) is 30.3 Å². The molecule has 126 valence electrons. The van der Waals surface area contributed by atoms with Gasteiger partial charge >= 0.3 is 5.69 Å². The molecule has 0 bridgehead atoms. The highest BCUT2D eigenvalue weighted by molar-refractivity contribution is 5.77. The molecule has 0 saturated carbocycles. The molecule has 0 unspecified atom stereocenters. The molecule has 2 heterocycles. The van der Waals surface area contributed by atoms with Crippen LogP contribution in [0.15, 0.2) is 42.7 Å². The summed E-state index contributed by atoms with van der Waals surface area (Å²) in [6.45, 7) is 3.25. The number of carbonyl (C=O) groups excluding carboxylic acids is 1. The SMILES string of the molecule is C[C@]1(c2ccccc2)COCCN1C(=O)Cn1cc([N+](=O)[O-])cn1. The molecule has 1 aromatic carbocycles. The molecule has 0 radical (unpaired) electrons. The Labute approximate surface area is 138 Å². The van der Waals surface area contributed by atoms with Crippen molar-refractivity contribution in [2.45, 2.75) is 19.0 Å². The molecular weight excluding hydrogens is 312 g/mol. The molecule has 1 amide bonds. The van der Waals surface area contributed by atoms with Crippen LogP contribution in [0.25, 0.3) is 0 Å². The van der Waals surface area contributed by atoms with E-state index in [0.717, 1.165) is 11.8 Å². The summed E-state index contributed by atoms with van der Waals surface area (Å²) in [6.07, 6.45) is 2.40. The largest absolute Gasteiger partial charge is 0.377 e. The highest BCUT2D eigenvalue weighted by Gasteiger charge is 2.39. The Kier molecular flexibility index (Phi) is 4.30. The zero-order valence-corrected chi connectivity index (χ0v) is 13.3. The topological polar surface area (TPSA) is 90.5 Å². The summed E-state index contributed by atoms with van der Waals surface area (Å²) < 4.78 is 6.89. The van der Waals surface area contributed by atoms with Crippen molar-refractivity contribution in [3.63, 3.8) is 0 Å². The number of nitro groups is 1. The minimum Gasteiger partial charge on any atom is -0.377 e. The molecule has 1 aliphatic heterocycles. The van der Waals surface area contributed by atoms with E-state index in [1.165, 1.54) is 10.9 Å². The lowest BCUT2D eigenvalue weighted by Crippen LogP contribution is -2.56. The lowest BCUT2D eigenvalue weighted by molar-refractivity contribution is -0.385. The second-order valence-electron chi connectivity index (χ2n) is 5.89. The maximum Gasteiger partial charge on any atom is 0.307 e. The molecule has 0 aliphatic carbocycles. The first-order valence-corrected chi connectivity index (χ1v) is 7.61. The van der Waals surface area contributed by atoms with Crippen molar-refractivity contribution in [1.29, 1.82) is 0 Å². The first kappa shape index (κ1) is 16.1. The Hall–Kier alpha value is -2.74. The highest BCUT2D eigenvalue weighted by atomic mass is 16.6. The summed E-state index contributed by atoms with van der Waals surface area (Å²) in [5.41, 5.74) is 0.287. The highest BCUT2D eigenvalue weighted by Crippen LogP contribution is 2.31. The van der Waals surface area contributed by atoms with Crippen LogP contribution in [-0.2, 0) is 21.6 Å². The van der Waals surface area contributed by atoms with Crippen LogP contribution in [0, 0.1) is 10.1 Å². The van der Waals surface area contributed by atoms with Crippen LogP contribution in [0.1, 0.15) is 12.5 Å². The summed E-state index contributed by atoms with van der Waals surface area (Å²) in [6, 6.07) is 9.70. The fourth-order valence-electron chi connectivity index (χ4n) is 2.95. The zero-order chi connectivity index (χ0) is 17.2. The fourth-order valence-corrected chi connectivity index (χ4v) is 2.95. The number of aromatic nitrogens is 2. The van der Waals surface area contributed by atoms with Gasteiger partial charge in [0.25, 0.3) is 0 Å². The third-order valence-corrected chi connectivity index (χ3v) is 4.26. The maximum atomic E-state index is 12.8. The Morgan fingerprint density at radius 3 is 2.83 bits per heavy atom. The summed E-state index contributed by atoms with van der Waals surface area (Å²) in [5.74, 6) is -0.150. The van der Waals surface area contributed by atoms with Gasteiger partial charge in [-0.25, -0.2) is 0 Å². The van der Waals surface area contributed by atoms with Crippen molar-refractivity contribution >= 4 is 11.6 Å². The quantitative estimate of drug-likeness (QED) is 0.627. The molecule has 3 rings (SSSR count). The van der Waals surface area contributed by atoms with Gasteiger partial charge in [0.1, 0.15) is 18.9 Å². The van der Waals surface area contributed by atoms with E-state index in [2.05, 4.69) is 5.10 Å². The van der Waals surface area contributed by atoms with Gasteiger partial charge in [0, 0.05) is 6.54 Å². The fraction of sp³-hybridized carbons (Fsp3) is 0.375. The van der Waals surface area contributed by atoms with Crippen molar-refractivity contribution in [2.24, 2.45) is 0 Å². The van der Waals surface area contributed by atoms with E-state index in [9.17, 15) is 14.9 Å². The third-order valence-electron chi connectivity index (χ3n) is 4.26. The van der Waals surface area contributed by atoms with Crippen LogP contribution in [-0.4, -0.2) is 45.3 Å². The van der Waals surface area contributed by atoms with Crippen molar-refractivity contribution in [1.82, 2.24) is 14.7 Å². The van der Waals surface area contributed by atoms with Crippen LogP contribution in [0.3, 0.4) is 0 Å². The maximum absolute atomic E-state index is 12.8. The average Bonchev–Trinajstić information content (AvgIpc) is 3.05. The molecule has 24 heavy (non-hydrogen) atoms. The molecule has 1 fully saturated rings. The number of nitrogens with zero attached hydrogens (tertiary/aromatic N) is 4. The van der Waals surface area contributed by atoms with Gasteiger partial charge in [0.15, 0.2) is 0 Å². The molecule has 0 spiro atoms. The van der Waals surface area contributed by atoms with Crippen molar-refractivity contribution in [3.8, 4) is 0 Å². The summed E-state index contributed by atoms with van der Waals surface area (Å²) in [7, 11) is 0. The van der Waals surface area contributed by atoms with E-state index < -0.39 is 10.5 Å². The molecule has 0 N–H and O–H groups in total. The van der Waals surface area contributed by atoms with Crippen LogP contribution >= 0.6 is 0 Å². The lowest BCUT2D eigenvalue weighted by Gasteiger charge is -2.45. The average molecular weight is 330 g/mol. The number of ether oxygens (including phenoxy) is 1. The number of carbonyl (C=O) groups is 1. The standard InChI is InChI=1S/C16H18N4O4/c1-16(13-5-3-2-4-6-13)12-24-8-7-19(16)15(21)11-18-10-14(9-17-18)20(22)23/h2-6,9-10H,7-8,11-12H2,1H3/t16-/m1/s1. The van der Waals surface area contributed by atoms with Crippen molar-refractivity contribution in [3.05, 3.63) is 58.4 Å². The van der Waals surface area contributed by atoms with Crippen molar-refractivity contribution in [2.75, 3.05) is 19.8 Å². The molecule has 1 atom stereocenters. The van der Waals surface area contributed by atoms with E-state index >= 15 is 0 Å². The summed E-state index contributed by atoms with van der Waals surface area (Å²) in [5, 5.41) is 14.6. The Morgan fingerprint density at radius 2 is 2.17 bits per heavy atom. The van der Waals surface area contributed by atoms with Gasteiger partial charge in [0.05, 0.1) is 23.7 Å². The molecule has 8 heteroatoms. The molecule has 8 nitrogen and oxygen atoms in total. The van der Waals surface area contributed by atoms with Crippen LogP contribution in [0.5, 0.6) is 0 Å². The second-order valence-corrected chi connectivity index (χ2v) is 5.89.